The van der Waals surface area contributed by atoms with Crippen molar-refractivity contribution in [3.63, 3.8) is 0 Å². The Kier molecular flexibility index (Phi) is 13.5. The SMILES string of the molecule is CCCCCCCCCCCCSCC(Cc1ccccc1)C(=O)O. The summed E-state index contributed by atoms with van der Waals surface area (Å²) in [6, 6.07) is 9.96. The number of thioether (sulfide) groups is 1. The summed E-state index contributed by atoms with van der Waals surface area (Å²) in [5, 5.41) is 9.40. The minimum absolute atomic E-state index is 0.268. The molecule has 1 unspecified atom stereocenters. The van der Waals surface area contributed by atoms with Gasteiger partial charge in [0.1, 0.15) is 0 Å². The lowest BCUT2D eigenvalue weighted by Gasteiger charge is -2.12. The van der Waals surface area contributed by atoms with Crippen molar-refractivity contribution in [2.75, 3.05) is 11.5 Å². The van der Waals surface area contributed by atoms with Crippen LogP contribution >= 0.6 is 11.8 Å². The molecule has 1 atom stereocenters. The molecule has 3 heteroatoms. The Labute approximate surface area is 158 Å². The van der Waals surface area contributed by atoms with E-state index in [1.54, 1.807) is 11.8 Å². The van der Waals surface area contributed by atoms with Crippen molar-refractivity contribution in [3.05, 3.63) is 35.9 Å². The van der Waals surface area contributed by atoms with Gasteiger partial charge in [-0.2, -0.15) is 11.8 Å². The van der Waals surface area contributed by atoms with Crippen LogP contribution in [-0.2, 0) is 11.2 Å². The monoisotopic (exact) mass is 364 g/mol. The molecule has 0 bridgehead atoms. The largest absolute Gasteiger partial charge is 0.481 e. The highest BCUT2D eigenvalue weighted by Crippen LogP contribution is 2.17. The highest BCUT2D eigenvalue weighted by molar-refractivity contribution is 7.99. The van der Waals surface area contributed by atoms with Crippen molar-refractivity contribution in [1.29, 1.82) is 0 Å². The van der Waals surface area contributed by atoms with Crippen molar-refractivity contribution < 1.29 is 9.90 Å². The molecule has 1 aromatic carbocycles. The molecule has 0 radical (unpaired) electrons. The lowest BCUT2D eigenvalue weighted by Crippen LogP contribution is -2.19. The zero-order valence-corrected chi connectivity index (χ0v) is 16.7. The Morgan fingerprint density at radius 3 is 2.04 bits per heavy atom. The number of aliphatic carboxylic acids is 1. The molecule has 0 aliphatic carbocycles. The van der Waals surface area contributed by atoms with Crippen molar-refractivity contribution in [2.45, 2.75) is 77.6 Å². The molecule has 25 heavy (non-hydrogen) atoms. The summed E-state index contributed by atoms with van der Waals surface area (Å²) in [7, 11) is 0. The number of hydrogen-bond donors (Lipinski definition) is 1. The molecule has 1 N–H and O–H groups in total. The lowest BCUT2D eigenvalue weighted by atomic mass is 10.0. The van der Waals surface area contributed by atoms with E-state index in [4.69, 9.17) is 0 Å². The highest BCUT2D eigenvalue weighted by atomic mass is 32.2. The van der Waals surface area contributed by atoms with Crippen molar-refractivity contribution in [2.24, 2.45) is 5.92 Å². The van der Waals surface area contributed by atoms with Gasteiger partial charge >= 0.3 is 5.97 Å². The Morgan fingerprint density at radius 1 is 0.920 bits per heavy atom. The van der Waals surface area contributed by atoms with Gasteiger partial charge in [0.2, 0.25) is 0 Å². The first-order valence-electron chi connectivity index (χ1n) is 10.1. The molecule has 0 aliphatic heterocycles. The van der Waals surface area contributed by atoms with E-state index in [2.05, 4.69) is 6.92 Å². The summed E-state index contributed by atoms with van der Waals surface area (Å²) in [4.78, 5) is 11.4. The van der Waals surface area contributed by atoms with E-state index in [9.17, 15) is 9.90 Å². The van der Waals surface area contributed by atoms with Crippen molar-refractivity contribution in [3.8, 4) is 0 Å². The maximum atomic E-state index is 11.4. The van der Waals surface area contributed by atoms with Crippen LogP contribution in [0, 0.1) is 5.92 Å². The van der Waals surface area contributed by atoms with Crippen LogP contribution in [0.15, 0.2) is 30.3 Å². The second kappa shape index (κ2) is 15.3. The summed E-state index contributed by atoms with van der Waals surface area (Å²) in [6.45, 7) is 2.26. The van der Waals surface area contributed by atoms with Crippen LogP contribution < -0.4 is 0 Å². The molecule has 1 rings (SSSR count). The molecule has 2 nitrogen and oxygen atoms in total. The van der Waals surface area contributed by atoms with Gasteiger partial charge in [0.25, 0.3) is 0 Å². The Morgan fingerprint density at radius 2 is 1.48 bits per heavy atom. The average molecular weight is 365 g/mol. The smallest absolute Gasteiger partial charge is 0.307 e. The third kappa shape index (κ3) is 12.1. The van der Waals surface area contributed by atoms with E-state index in [1.807, 2.05) is 30.3 Å². The number of carboxylic acids is 1. The molecule has 0 heterocycles. The van der Waals surface area contributed by atoms with Gasteiger partial charge in [0.05, 0.1) is 5.92 Å². The summed E-state index contributed by atoms with van der Waals surface area (Å²) < 4.78 is 0. The van der Waals surface area contributed by atoms with Gasteiger partial charge in [-0.25, -0.2) is 0 Å². The molecule has 1 aromatic rings. The number of carbonyl (C=O) groups is 1. The third-order valence-electron chi connectivity index (χ3n) is 4.64. The maximum Gasteiger partial charge on any atom is 0.307 e. The quantitative estimate of drug-likeness (QED) is 0.336. The van der Waals surface area contributed by atoms with Gasteiger partial charge in [0.15, 0.2) is 0 Å². The van der Waals surface area contributed by atoms with Gasteiger partial charge in [-0.05, 0) is 24.2 Å². The molecule has 0 fully saturated rings. The standard InChI is InChI=1S/C22H36O2S/c1-2-3-4-5-6-7-8-9-10-14-17-25-19-21(22(23)24)18-20-15-12-11-13-16-20/h11-13,15-16,21H,2-10,14,17-19H2,1H3,(H,23,24). The number of unbranched alkanes of at least 4 members (excludes halogenated alkanes) is 9. The van der Waals surface area contributed by atoms with E-state index in [0.29, 0.717) is 6.42 Å². The van der Waals surface area contributed by atoms with E-state index in [1.165, 1.54) is 64.2 Å². The molecule has 0 spiro atoms. The predicted molar refractivity (Wildman–Crippen MR) is 110 cm³/mol. The molecular weight excluding hydrogens is 328 g/mol. The van der Waals surface area contributed by atoms with Crippen LogP contribution in [0.4, 0.5) is 0 Å². The molecule has 0 saturated heterocycles. The van der Waals surface area contributed by atoms with E-state index in [-0.39, 0.29) is 5.92 Å². The molecule has 0 aliphatic rings. The minimum Gasteiger partial charge on any atom is -0.481 e. The molecule has 142 valence electrons. The summed E-state index contributed by atoms with van der Waals surface area (Å²) >= 11 is 1.81. The zero-order chi connectivity index (χ0) is 18.2. The van der Waals surface area contributed by atoms with Gasteiger partial charge in [0, 0.05) is 5.75 Å². The van der Waals surface area contributed by atoms with Gasteiger partial charge < -0.3 is 5.11 Å². The van der Waals surface area contributed by atoms with E-state index >= 15 is 0 Å². The second-order valence-electron chi connectivity index (χ2n) is 6.98. The van der Waals surface area contributed by atoms with Crippen LogP contribution in [0.3, 0.4) is 0 Å². The molecule has 0 saturated carbocycles. The normalized spacial score (nSPS) is 12.2. The van der Waals surface area contributed by atoms with Gasteiger partial charge in [-0.3, -0.25) is 4.79 Å². The maximum absolute atomic E-state index is 11.4. The van der Waals surface area contributed by atoms with Crippen LogP contribution in [-0.4, -0.2) is 22.6 Å². The lowest BCUT2D eigenvalue weighted by molar-refractivity contribution is -0.140. The average Bonchev–Trinajstić information content (AvgIpc) is 2.62. The van der Waals surface area contributed by atoms with E-state index in [0.717, 1.165) is 17.1 Å². The Bertz CT molecular complexity index is 433. The first-order chi connectivity index (χ1) is 12.2. The Balaban J connectivity index is 1.99. The summed E-state index contributed by atoms with van der Waals surface area (Å²) in [5.41, 5.74) is 1.12. The first kappa shape index (κ1) is 22.1. The van der Waals surface area contributed by atoms with Crippen LogP contribution in [0.25, 0.3) is 0 Å². The number of carboxylic acid groups (broad SMARTS) is 1. The van der Waals surface area contributed by atoms with Crippen LogP contribution in [0.1, 0.15) is 76.7 Å². The van der Waals surface area contributed by atoms with E-state index < -0.39 is 5.97 Å². The number of rotatable bonds is 16. The Hall–Kier alpha value is -0.960. The molecular formula is C22H36O2S. The summed E-state index contributed by atoms with van der Waals surface area (Å²) in [5.74, 6) is 0.881. The van der Waals surface area contributed by atoms with Crippen molar-refractivity contribution >= 4 is 17.7 Å². The highest BCUT2D eigenvalue weighted by Gasteiger charge is 2.17. The zero-order valence-electron chi connectivity index (χ0n) is 15.9. The van der Waals surface area contributed by atoms with Crippen molar-refractivity contribution in [1.82, 2.24) is 0 Å². The van der Waals surface area contributed by atoms with Crippen LogP contribution in [0.5, 0.6) is 0 Å². The fourth-order valence-corrected chi connectivity index (χ4v) is 4.15. The van der Waals surface area contributed by atoms with Gasteiger partial charge in [-0.1, -0.05) is 95.0 Å². The fraction of sp³-hybridized carbons (Fsp3) is 0.682. The first-order valence-corrected chi connectivity index (χ1v) is 11.2. The van der Waals surface area contributed by atoms with Gasteiger partial charge in [-0.15, -0.1) is 0 Å². The second-order valence-corrected chi connectivity index (χ2v) is 8.13. The fourth-order valence-electron chi connectivity index (χ4n) is 3.03. The van der Waals surface area contributed by atoms with Crippen LogP contribution in [0.2, 0.25) is 0 Å². The number of hydrogen-bond acceptors (Lipinski definition) is 2. The third-order valence-corrected chi connectivity index (χ3v) is 5.85. The predicted octanol–water partition coefficient (Wildman–Crippen LogP) is 6.58. The topological polar surface area (TPSA) is 37.3 Å². The molecule has 0 amide bonds. The minimum atomic E-state index is -0.667. The number of benzene rings is 1. The molecule has 0 aromatic heterocycles. The summed E-state index contributed by atoms with van der Waals surface area (Å²) in [6.07, 6.45) is 14.2.